The van der Waals surface area contributed by atoms with E-state index in [9.17, 15) is 13.2 Å². The van der Waals surface area contributed by atoms with Crippen LogP contribution < -0.4 is 10.0 Å². The molecular weight excluding hydrogens is 350 g/mol. The van der Waals surface area contributed by atoms with Crippen LogP contribution in [0, 0.1) is 0 Å². The Morgan fingerprint density at radius 3 is 2.27 bits per heavy atom. The van der Waals surface area contributed by atoms with Crippen LogP contribution in [0.4, 0.5) is 5.69 Å². The molecule has 7 heteroatoms. The Kier molecular flexibility index (Phi) is 7.17. The first kappa shape index (κ1) is 19.9. The summed E-state index contributed by atoms with van der Waals surface area (Å²) in [6.45, 7) is 5.14. The smallest absolute Gasteiger partial charge is 0.251 e. The number of anilines is 1. The van der Waals surface area contributed by atoms with Gasteiger partial charge >= 0.3 is 0 Å². The van der Waals surface area contributed by atoms with E-state index in [4.69, 9.17) is 0 Å². The summed E-state index contributed by atoms with van der Waals surface area (Å²) in [6, 6.07) is 16.6. The third kappa shape index (κ3) is 6.85. The highest BCUT2D eigenvalue weighted by Crippen LogP contribution is 2.11. The van der Waals surface area contributed by atoms with Gasteiger partial charge in [0.2, 0.25) is 10.0 Å². The number of nitrogens with one attached hydrogen (secondary N) is 2. The summed E-state index contributed by atoms with van der Waals surface area (Å²) in [4.78, 5) is 14.5. The molecule has 0 atom stereocenters. The second-order valence-electron chi connectivity index (χ2n) is 6.06. The van der Waals surface area contributed by atoms with Crippen molar-refractivity contribution in [3.63, 3.8) is 0 Å². The van der Waals surface area contributed by atoms with Gasteiger partial charge in [-0.15, -0.1) is 0 Å². The van der Waals surface area contributed by atoms with Gasteiger partial charge < -0.3 is 5.32 Å². The second kappa shape index (κ2) is 9.35. The molecule has 0 aliphatic carbocycles. The highest BCUT2D eigenvalue weighted by Gasteiger charge is 2.08. The Morgan fingerprint density at radius 2 is 1.69 bits per heavy atom. The van der Waals surface area contributed by atoms with E-state index >= 15 is 0 Å². The molecule has 6 nitrogen and oxygen atoms in total. The van der Waals surface area contributed by atoms with E-state index < -0.39 is 10.0 Å². The number of likely N-dealkylation sites (N-methyl/N-ethyl adjacent to an activating group) is 1. The van der Waals surface area contributed by atoms with Crippen molar-refractivity contribution in [3.05, 3.63) is 65.7 Å². The zero-order valence-electron chi connectivity index (χ0n) is 15.1. The number of nitrogens with zero attached hydrogens (tertiary/aromatic N) is 1. The van der Waals surface area contributed by atoms with Crippen LogP contribution >= 0.6 is 0 Å². The molecule has 2 N–H and O–H groups in total. The van der Waals surface area contributed by atoms with Gasteiger partial charge in [-0.25, -0.2) is 8.42 Å². The molecule has 0 aliphatic heterocycles. The molecule has 0 spiro atoms. The first-order chi connectivity index (χ1) is 12.4. The monoisotopic (exact) mass is 375 g/mol. The SMILES string of the molecule is CCN(CCNC(=O)c1ccc(NS(C)(=O)=O)cc1)Cc1ccccc1. The van der Waals surface area contributed by atoms with Gasteiger partial charge in [0.05, 0.1) is 6.26 Å². The van der Waals surface area contributed by atoms with Crippen molar-refractivity contribution in [1.29, 1.82) is 0 Å². The van der Waals surface area contributed by atoms with Gasteiger partial charge in [-0.1, -0.05) is 37.3 Å². The number of sulfonamides is 1. The zero-order chi connectivity index (χ0) is 19.0. The Hall–Kier alpha value is -2.38. The van der Waals surface area contributed by atoms with E-state index in [1.54, 1.807) is 24.3 Å². The number of carbonyl (C=O) groups is 1. The zero-order valence-corrected chi connectivity index (χ0v) is 15.9. The molecule has 0 bridgehead atoms. The summed E-state index contributed by atoms with van der Waals surface area (Å²) >= 11 is 0. The van der Waals surface area contributed by atoms with Gasteiger partial charge in [-0.2, -0.15) is 0 Å². The van der Waals surface area contributed by atoms with Gasteiger partial charge in [0, 0.05) is 30.9 Å². The van der Waals surface area contributed by atoms with Crippen molar-refractivity contribution in [1.82, 2.24) is 10.2 Å². The van der Waals surface area contributed by atoms with Crippen molar-refractivity contribution in [3.8, 4) is 0 Å². The number of hydrogen-bond donors (Lipinski definition) is 2. The minimum Gasteiger partial charge on any atom is -0.351 e. The van der Waals surface area contributed by atoms with Gasteiger partial charge in [-0.3, -0.25) is 14.4 Å². The molecule has 0 aliphatic rings. The lowest BCUT2D eigenvalue weighted by atomic mass is 10.2. The lowest BCUT2D eigenvalue weighted by Crippen LogP contribution is -2.34. The molecule has 0 unspecified atom stereocenters. The molecular formula is C19H25N3O3S. The molecule has 0 saturated carbocycles. The quantitative estimate of drug-likeness (QED) is 0.705. The van der Waals surface area contributed by atoms with E-state index in [1.807, 2.05) is 18.2 Å². The van der Waals surface area contributed by atoms with E-state index in [0.717, 1.165) is 25.9 Å². The maximum absolute atomic E-state index is 12.2. The van der Waals surface area contributed by atoms with Crippen molar-refractivity contribution >= 4 is 21.6 Å². The van der Waals surface area contributed by atoms with Crippen molar-refractivity contribution < 1.29 is 13.2 Å². The minimum atomic E-state index is -3.32. The van der Waals surface area contributed by atoms with Crippen LogP contribution in [0.3, 0.4) is 0 Å². The first-order valence-corrected chi connectivity index (χ1v) is 10.4. The van der Waals surface area contributed by atoms with Gasteiger partial charge in [0.1, 0.15) is 0 Å². The van der Waals surface area contributed by atoms with E-state index in [-0.39, 0.29) is 5.91 Å². The first-order valence-electron chi connectivity index (χ1n) is 8.49. The van der Waals surface area contributed by atoms with Crippen molar-refractivity contribution in [2.45, 2.75) is 13.5 Å². The molecule has 140 valence electrons. The van der Waals surface area contributed by atoms with Crippen LogP contribution in [0.15, 0.2) is 54.6 Å². The fraction of sp³-hybridized carbons (Fsp3) is 0.316. The third-order valence-electron chi connectivity index (χ3n) is 3.86. The van der Waals surface area contributed by atoms with Crippen LogP contribution in [0.5, 0.6) is 0 Å². The maximum atomic E-state index is 12.2. The van der Waals surface area contributed by atoms with Crippen LogP contribution in [-0.4, -0.2) is 45.1 Å². The lowest BCUT2D eigenvalue weighted by Gasteiger charge is -2.20. The molecule has 0 radical (unpaired) electrons. The summed E-state index contributed by atoms with van der Waals surface area (Å²) in [6.07, 6.45) is 1.09. The van der Waals surface area contributed by atoms with Crippen LogP contribution in [-0.2, 0) is 16.6 Å². The average molecular weight is 375 g/mol. The maximum Gasteiger partial charge on any atom is 0.251 e. The average Bonchev–Trinajstić information content (AvgIpc) is 2.61. The van der Waals surface area contributed by atoms with Crippen molar-refractivity contribution in [2.75, 3.05) is 30.6 Å². The number of carbonyl (C=O) groups excluding carboxylic acids is 1. The van der Waals surface area contributed by atoms with Crippen molar-refractivity contribution in [2.24, 2.45) is 0 Å². The van der Waals surface area contributed by atoms with Crippen LogP contribution in [0.25, 0.3) is 0 Å². The molecule has 1 amide bonds. The molecule has 2 aromatic rings. The summed E-state index contributed by atoms with van der Waals surface area (Å²) in [5, 5.41) is 2.90. The molecule has 2 rings (SSSR count). The Balaban J connectivity index is 1.82. The van der Waals surface area contributed by atoms with E-state index in [2.05, 4.69) is 34.0 Å². The van der Waals surface area contributed by atoms with Crippen LogP contribution in [0.1, 0.15) is 22.8 Å². The van der Waals surface area contributed by atoms with Gasteiger partial charge in [0.25, 0.3) is 5.91 Å². The molecule has 2 aromatic carbocycles. The summed E-state index contributed by atoms with van der Waals surface area (Å²) in [5.74, 6) is -0.174. The van der Waals surface area contributed by atoms with E-state index in [0.29, 0.717) is 17.8 Å². The number of amides is 1. The normalized spacial score (nSPS) is 11.3. The Bertz CT molecular complexity index is 806. The highest BCUT2D eigenvalue weighted by molar-refractivity contribution is 7.92. The number of benzene rings is 2. The minimum absolute atomic E-state index is 0.174. The summed E-state index contributed by atoms with van der Waals surface area (Å²) in [5.41, 5.74) is 2.17. The van der Waals surface area contributed by atoms with Gasteiger partial charge in [-0.05, 0) is 36.4 Å². The Morgan fingerprint density at radius 1 is 1.04 bits per heavy atom. The fourth-order valence-electron chi connectivity index (χ4n) is 2.52. The van der Waals surface area contributed by atoms with Crippen LogP contribution in [0.2, 0.25) is 0 Å². The molecule has 0 fully saturated rings. The topological polar surface area (TPSA) is 78.5 Å². The predicted molar refractivity (Wildman–Crippen MR) is 105 cm³/mol. The number of hydrogen-bond acceptors (Lipinski definition) is 4. The third-order valence-corrected chi connectivity index (χ3v) is 4.47. The molecule has 0 saturated heterocycles. The van der Waals surface area contributed by atoms with E-state index in [1.165, 1.54) is 5.56 Å². The molecule has 0 aromatic heterocycles. The molecule has 0 heterocycles. The highest BCUT2D eigenvalue weighted by atomic mass is 32.2. The fourth-order valence-corrected chi connectivity index (χ4v) is 3.09. The number of rotatable bonds is 9. The lowest BCUT2D eigenvalue weighted by molar-refractivity contribution is 0.0948. The molecule has 26 heavy (non-hydrogen) atoms. The Labute approximate surface area is 155 Å². The van der Waals surface area contributed by atoms with Gasteiger partial charge in [0.15, 0.2) is 0 Å². The largest absolute Gasteiger partial charge is 0.351 e. The summed E-state index contributed by atoms with van der Waals surface area (Å²) in [7, 11) is -3.32. The predicted octanol–water partition coefficient (Wildman–Crippen LogP) is 2.31. The standard InChI is InChI=1S/C19H25N3O3S/c1-3-22(15-16-7-5-4-6-8-16)14-13-20-19(23)17-9-11-18(12-10-17)21-26(2,24)25/h4-12,21H,3,13-15H2,1-2H3,(H,20,23). The summed E-state index contributed by atoms with van der Waals surface area (Å²) < 4.78 is 24.7. The second-order valence-corrected chi connectivity index (χ2v) is 7.81.